The summed E-state index contributed by atoms with van der Waals surface area (Å²) in [7, 11) is 0. The number of ether oxygens (including phenoxy) is 2. The average Bonchev–Trinajstić information content (AvgIpc) is 3.11. The standard InChI is InChI=1S/C38H43N3O5S/c1-27(43)39-19-5-2-3-13-36(44)41-24-29-9-7-10-31(21-29)32-11-8-12-33(22-32)38-45-34(26-47-37-14-4-6-20-40-37)23-35(46-38)30-17-15-28(25-42)16-18-30/h4,6-12,14-18,20-22,34-35,38,42H,2-3,5,13,19,23-26H2,1H3,(H,39,43)(H,41,44). The number of hydrogen-bond acceptors (Lipinski definition) is 7. The maximum atomic E-state index is 12.4. The van der Waals surface area contributed by atoms with Crippen LogP contribution >= 0.6 is 11.8 Å². The van der Waals surface area contributed by atoms with Crippen molar-refractivity contribution in [1.82, 2.24) is 15.6 Å². The molecule has 0 spiro atoms. The first kappa shape index (κ1) is 34.3. The van der Waals surface area contributed by atoms with Gasteiger partial charge in [0.15, 0.2) is 6.29 Å². The fourth-order valence-electron chi connectivity index (χ4n) is 5.50. The molecular weight excluding hydrogens is 611 g/mol. The molecule has 4 aromatic rings. The highest BCUT2D eigenvalue weighted by atomic mass is 32.2. The van der Waals surface area contributed by atoms with E-state index >= 15 is 0 Å². The summed E-state index contributed by atoms with van der Waals surface area (Å²) in [5.74, 6) is 0.745. The molecule has 3 aromatic carbocycles. The number of nitrogens with one attached hydrogen (secondary N) is 2. The number of nitrogens with zero attached hydrogens (tertiary/aromatic N) is 1. The van der Waals surface area contributed by atoms with Gasteiger partial charge in [-0.2, -0.15) is 0 Å². The van der Waals surface area contributed by atoms with Crippen LogP contribution in [0, 0.1) is 0 Å². The second-order valence-electron chi connectivity index (χ2n) is 11.7. The van der Waals surface area contributed by atoms with Crippen molar-refractivity contribution in [1.29, 1.82) is 0 Å². The van der Waals surface area contributed by atoms with E-state index in [4.69, 9.17) is 9.47 Å². The van der Waals surface area contributed by atoms with Crippen LogP contribution < -0.4 is 10.6 Å². The molecule has 9 heteroatoms. The highest BCUT2D eigenvalue weighted by Crippen LogP contribution is 2.40. The van der Waals surface area contributed by atoms with Crippen LogP contribution in [0.25, 0.3) is 11.1 Å². The van der Waals surface area contributed by atoms with Crippen LogP contribution in [-0.2, 0) is 32.2 Å². The van der Waals surface area contributed by atoms with Crippen LogP contribution in [0.5, 0.6) is 0 Å². The molecule has 1 aromatic heterocycles. The van der Waals surface area contributed by atoms with E-state index < -0.39 is 6.29 Å². The smallest absolute Gasteiger partial charge is 0.220 e. The van der Waals surface area contributed by atoms with Crippen LogP contribution in [-0.4, -0.2) is 40.3 Å². The number of benzene rings is 3. The Morgan fingerprint density at radius 2 is 1.66 bits per heavy atom. The Bertz CT molecular complexity index is 1580. The van der Waals surface area contributed by atoms with E-state index in [1.54, 1.807) is 18.0 Å². The van der Waals surface area contributed by atoms with Gasteiger partial charge in [0.2, 0.25) is 11.8 Å². The van der Waals surface area contributed by atoms with E-state index in [0.717, 1.165) is 63.4 Å². The van der Waals surface area contributed by atoms with Crippen molar-refractivity contribution < 1.29 is 24.2 Å². The number of aliphatic hydroxyl groups is 1. The van der Waals surface area contributed by atoms with Crippen molar-refractivity contribution >= 4 is 23.6 Å². The Hall–Kier alpha value is -4.02. The van der Waals surface area contributed by atoms with Gasteiger partial charge >= 0.3 is 0 Å². The second kappa shape index (κ2) is 17.8. The van der Waals surface area contributed by atoms with Crippen LogP contribution in [0.15, 0.2) is 102 Å². The molecule has 3 N–H and O–H groups in total. The Kier molecular flexibility index (Phi) is 13.0. The zero-order chi connectivity index (χ0) is 32.8. The third-order valence-corrected chi connectivity index (χ3v) is 9.11. The van der Waals surface area contributed by atoms with Crippen molar-refractivity contribution in [2.45, 2.75) is 75.7 Å². The molecule has 1 aliphatic rings. The summed E-state index contributed by atoms with van der Waals surface area (Å²) in [5.41, 5.74) is 5.96. The summed E-state index contributed by atoms with van der Waals surface area (Å²) in [5, 5.41) is 16.3. The fraction of sp³-hybridized carbons (Fsp3) is 0.342. The topological polar surface area (TPSA) is 110 Å². The second-order valence-corrected chi connectivity index (χ2v) is 12.8. The minimum absolute atomic E-state index is 0.00334. The van der Waals surface area contributed by atoms with Crippen molar-refractivity contribution in [3.05, 3.63) is 119 Å². The average molecular weight is 654 g/mol. The van der Waals surface area contributed by atoms with Gasteiger partial charge < -0.3 is 25.2 Å². The minimum Gasteiger partial charge on any atom is -0.392 e. The predicted octanol–water partition coefficient (Wildman–Crippen LogP) is 6.89. The molecular formula is C38H43N3O5S. The molecule has 1 aliphatic heterocycles. The maximum Gasteiger partial charge on any atom is 0.220 e. The number of pyridine rings is 1. The summed E-state index contributed by atoms with van der Waals surface area (Å²) >= 11 is 1.68. The molecule has 5 rings (SSSR count). The fourth-order valence-corrected chi connectivity index (χ4v) is 6.38. The number of unbranched alkanes of at least 4 members (excludes halogenated alkanes) is 2. The van der Waals surface area contributed by atoms with E-state index in [1.807, 2.05) is 66.7 Å². The first-order chi connectivity index (χ1) is 23.0. The Balaban J connectivity index is 1.23. The number of thioether (sulfide) groups is 1. The molecule has 0 saturated carbocycles. The summed E-state index contributed by atoms with van der Waals surface area (Å²) in [4.78, 5) is 27.8. The van der Waals surface area contributed by atoms with E-state index in [-0.39, 0.29) is 30.6 Å². The quantitative estimate of drug-likeness (QED) is 0.0947. The van der Waals surface area contributed by atoms with Gasteiger partial charge in [0, 0.05) is 50.4 Å². The number of hydrogen-bond donors (Lipinski definition) is 3. The molecule has 246 valence electrons. The monoisotopic (exact) mass is 653 g/mol. The highest BCUT2D eigenvalue weighted by Gasteiger charge is 2.32. The lowest BCUT2D eigenvalue weighted by molar-refractivity contribution is -0.245. The van der Waals surface area contributed by atoms with Crippen molar-refractivity contribution in [2.24, 2.45) is 0 Å². The predicted molar refractivity (Wildman–Crippen MR) is 184 cm³/mol. The summed E-state index contributed by atoms with van der Waals surface area (Å²) < 4.78 is 13.1. The lowest BCUT2D eigenvalue weighted by Crippen LogP contribution is -2.31. The Morgan fingerprint density at radius 1 is 0.851 bits per heavy atom. The Morgan fingerprint density at radius 3 is 2.43 bits per heavy atom. The number of rotatable bonds is 15. The van der Waals surface area contributed by atoms with Crippen molar-refractivity contribution in [3.63, 3.8) is 0 Å². The Labute approximate surface area is 281 Å². The first-order valence-corrected chi connectivity index (χ1v) is 17.2. The molecule has 8 nitrogen and oxygen atoms in total. The third kappa shape index (κ3) is 10.8. The summed E-state index contributed by atoms with van der Waals surface area (Å²) in [6, 6.07) is 30.3. The normalized spacial score (nSPS) is 17.6. The van der Waals surface area contributed by atoms with Crippen LogP contribution in [0.3, 0.4) is 0 Å². The zero-order valence-electron chi connectivity index (χ0n) is 26.8. The molecule has 47 heavy (non-hydrogen) atoms. The van der Waals surface area contributed by atoms with Crippen LogP contribution in [0.1, 0.15) is 73.7 Å². The van der Waals surface area contributed by atoms with E-state index in [1.165, 1.54) is 6.92 Å². The molecule has 1 fully saturated rings. The van der Waals surface area contributed by atoms with Gasteiger partial charge in [0.25, 0.3) is 0 Å². The molecule has 2 heterocycles. The third-order valence-electron chi connectivity index (χ3n) is 8.03. The lowest BCUT2D eigenvalue weighted by Gasteiger charge is -2.36. The van der Waals surface area contributed by atoms with Gasteiger partial charge in [-0.05, 0) is 64.9 Å². The number of aromatic nitrogens is 1. The number of carbonyl (C=O) groups excluding carboxylic acids is 2. The van der Waals surface area contributed by atoms with Gasteiger partial charge in [-0.15, -0.1) is 11.8 Å². The lowest BCUT2D eigenvalue weighted by atomic mass is 9.99. The number of carbonyl (C=O) groups is 2. The zero-order valence-corrected chi connectivity index (χ0v) is 27.6. The van der Waals surface area contributed by atoms with Gasteiger partial charge in [-0.1, -0.05) is 73.2 Å². The van der Waals surface area contributed by atoms with Crippen LogP contribution in [0.2, 0.25) is 0 Å². The highest BCUT2D eigenvalue weighted by molar-refractivity contribution is 7.99. The minimum atomic E-state index is -0.554. The molecule has 2 amide bonds. The van der Waals surface area contributed by atoms with E-state index in [2.05, 4.69) is 39.9 Å². The van der Waals surface area contributed by atoms with Crippen molar-refractivity contribution in [2.75, 3.05) is 12.3 Å². The van der Waals surface area contributed by atoms with Crippen LogP contribution in [0.4, 0.5) is 0 Å². The molecule has 3 unspecified atom stereocenters. The van der Waals surface area contributed by atoms with E-state index in [0.29, 0.717) is 25.9 Å². The van der Waals surface area contributed by atoms with Crippen molar-refractivity contribution in [3.8, 4) is 11.1 Å². The number of aliphatic hydroxyl groups excluding tert-OH is 1. The van der Waals surface area contributed by atoms with Gasteiger partial charge in [0.05, 0.1) is 23.8 Å². The van der Waals surface area contributed by atoms with Gasteiger partial charge in [-0.25, -0.2) is 4.98 Å². The maximum absolute atomic E-state index is 12.4. The van der Waals surface area contributed by atoms with Gasteiger partial charge in [-0.3, -0.25) is 9.59 Å². The van der Waals surface area contributed by atoms with E-state index in [9.17, 15) is 14.7 Å². The number of amides is 2. The molecule has 0 radical (unpaired) electrons. The molecule has 1 saturated heterocycles. The molecule has 3 atom stereocenters. The summed E-state index contributed by atoms with van der Waals surface area (Å²) in [6.07, 6.45) is 4.76. The SMILES string of the molecule is CC(=O)NCCCCCC(=O)NCc1cccc(-c2cccc(C3OC(CSc4ccccn4)CC(c4ccc(CO)cc4)O3)c2)c1. The molecule has 0 aliphatic carbocycles. The molecule has 0 bridgehead atoms. The van der Waals surface area contributed by atoms with Gasteiger partial charge in [0.1, 0.15) is 0 Å². The summed E-state index contributed by atoms with van der Waals surface area (Å²) in [6.45, 7) is 2.62. The largest absolute Gasteiger partial charge is 0.392 e. The first-order valence-electron chi connectivity index (χ1n) is 16.2.